The van der Waals surface area contributed by atoms with E-state index in [1.807, 2.05) is 37.8 Å². The molecule has 0 saturated carbocycles. The molecule has 0 aliphatic carbocycles. The maximum atomic E-state index is 13.2. The van der Waals surface area contributed by atoms with E-state index in [-0.39, 0.29) is 17.9 Å². The van der Waals surface area contributed by atoms with Crippen LogP contribution in [0.4, 0.5) is 0 Å². The molecule has 1 N–H and O–H groups in total. The summed E-state index contributed by atoms with van der Waals surface area (Å²) in [6.07, 6.45) is 7.62. The molecule has 0 atom stereocenters. The van der Waals surface area contributed by atoms with Crippen molar-refractivity contribution in [3.63, 3.8) is 0 Å². The SMILES string of the molecule is CCC(=O)N1CCC(Cc2cccc(-c3cncnc3)c2)(C(=O)NC(C)C)CC1. The van der Waals surface area contributed by atoms with E-state index in [1.54, 1.807) is 12.4 Å². The number of aromatic nitrogens is 2. The lowest BCUT2D eigenvalue weighted by molar-refractivity contribution is -0.140. The molecular weight excluding hydrogens is 364 g/mol. The van der Waals surface area contributed by atoms with Crippen molar-refractivity contribution in [2.75, 3.05) is 13.1 Å². The Morgan fingerprint density at radius 2 is 1.83 bits per heavy atom. The Hall–Kier alpha value is -2.76. The zero-order chi connectivity index (χ0) is 20.9. The minimum atomic E-state index is -0.499. The second-order valence-corrected chi connectivity index (χ2v) is 8.15. The Balaban J connectivity index is 1.84. The fourth-order valence-electron chi connectivity index (χ4n) is 4.01. The number of carbonyl (C=O) groups excluding carboxylic acids is 2. The number of hydrogen-bond acceptors (Lipinski definition) is 4. The van der Waals surface area contributed by atoms with Crippen LogP contribution in [0.3, 0.4) is 0 Å². The quantitative estimate of drug-likeness (QED) is 0.816. The van der Waals surface area contributed by atoms with Gasteiger partial charge in [0.2, 0.25) is 11.8 Å². The second-order valence-electron chi connectivity index (χ2n) is 8.15. The molecule has 1 saturated heterocycles. The van der Waals surface area contributed by atoms with E-state index in [4.69, 9.17) is 0 Å². The van der Waals surface area contributed by atoms with E-state index in [9.17, 15) is 9.59 Å². The number of carbonyl (C=O) groups is 2. The van der Waals surface area contributed by atoms with Gasteiger partial charge in [-0.1, -0.05) is 31.2 Å². The predicted octanol–water partition coefficient (Wildman–Crippen LogP) is 3.23. The lowest BCUT2D eigenvalue weighted by atomic mass is 9.72. The van der Waals surface area contributed by atoms with Crippen molar-refractivity contribution in [3.8, 4) is 11.1 Å². The fourth-order valence-corrected chi connectivity index (χ4v) is 4.01. The Bertz CT molecular complexity index is 843. The Labute approximate surface area is 172 Å². The molecule has 0 unspecified atom stereocenters. The molecule has 1 aromatic heterocycles. The van der Waals surface area contributed by atoms with Crippen molar-refractivity contribution in [2.45, 2.75) is 52.5 Å². The molecular formula is C23H30N4O2. The molecule has 1 aliphatic rings. The summed E-state index contributed by atoms with van der Waals surface area (Å²) in [6.45, 7) is 7.11. The van der Waals surface area contributed by atoms with Crippen molar-refractivity contribution < 1.29 is 9.59 Å². The van der Waals surface area contributed by atoms with Crippen molar-refractivity contribution in [2.24, 2.45) is 5.41 Å². The number of rotatable bonds is 6. The van der Waals surface area contributed by atoms with Gasteiger partial charge in [0.05, 0.1) is 5.41 Å². The van der Waals surface area contributed by atoms with Gasteiger partial charge in [-0.05, 0) is 44.2 Å². The van der Waals surface area contributed by atoms with Crippen molar-refractivity contribution >= 4 is 11.8 Å². The summed E-state index contributed by atoms with van der Waals surface area (Å²) in [5, 5.41) is 3.12. The molecule has 154 valence electrons. The van der Waals surface area contributed by atoms with Gasteiger partial charge in [-0.3, -0.25) is 9.59 Å². The first-order valence-electron chi connectivity index (χ1n) is 10.4. The second kappa shape index (κ2) is 9.16. The maximum absolute atomic E-state index is 13.2. The van der Waals surface area contributed by atoms with Crippen LogP contribution in [0.1, 0.15) is 45.6 Å². The van der Waals surface area contributed by atoms with E-state index in [1.165, 1.54) is 6.33 Å². The Kier molecular flexibility index (Phi) is 6.62. The largest absolute Gasteiger partial charge is 0.353 e. The van der Waals surface area contributed by atoms with Crippen molar-refractivity contribution in [3.05, 3.63) is 48.5 Å². The highest BCUT2D eigenvalue weighted by molar-refractivity contribution is 5.84. The average molecular weight is 395 g/mol. The number of amides is 2. The fraction of sp³-hybridized carbons (Fsp3) is 0.478. The number of nitrogens with one attached hydrogen (secondary N) is 1. The third-order valence-electron chi connectivity index (χ3n) is 5.64. The van der Waals surface area contributed by atoms with Crippen molar-refractivity contribution in [1.29, 1.82) is 0 Å². The summed E-state index contributed by atoms with van der Waals surface area (Å²) in [5.74, 6) is 0.249. The highest BCUT2D eigenvalue weighted by Gasteiger charge is 2.42. The van der Waals surface area contributed by atoms with E-state index < -0.39 is 5.41 Å². The van der Waals surface area contributed by atoms with E-state index in [0.29, 0.717) is 38.8 Å². The first kappa shape index (κ1) is 21.0. The van der Waals surface area contributed by atoms with Crippen LogP contribution in [0.5, 0.6) is 0 Å². The van der Waals surface area contributed by atoms with Gasteiger partial charge >= 0.3 is 0 Å². The lowest BCUT2D eigenvalue weighted by Crippen LogP contribution is -2.52. The Morgan fingerprint density at radius 1 is 1.14 bits per heavy atom. The van der Waals surface area contributed by atoms with Gasteiger partial charge < -0.3 is 10.2 Å². The summed E-state index contributed by atoms with van der Waals surface area (Å²) in [5.41, 5.74) is 2.61. The zero-order valence-corrected chi connectivity index (χ0v) is 17.5. The summed E-state index contributed by atoms with van der Waals surface area (Å²) in [6, 6.07) is 8.32. The maximum Gasteiger partial charge on any atom is 0.226 e. The molecule has 6 heteroatoms. The van der Waals surface area contributed by atoms with Gasteiger partial charge in [0.15, 0.2) is 0 Å². The monoisotopic (exact) mass is 394 g/mol. The summed E-state index contributed by atoms with van der Waals surface area (Å²) >= 11 is 0. The van der Waals surface area contributed by atoms with Crippen molar-refractivity contribution in [1.82, 2.24) is 20.2 Å². The topological polar surface area (TPSA) is 75.2 Å². The standard InChI is InChI=1S/C23H30N4O2/c1-4-21(28)27-10-8-23(9-11-27,22(29)26-17(2)3)13-18-6-5-7-19(12-18)20-14-24-16-25-15-20/h5-7,12,14-17H,4,8-11,13H2,1-3H3,(H,26,29). The third-order valence-corrected chi connectivity index (χ3v) is 5.64. The summed E-state index contributed by atoms with van der Waals surface area (Å²) in [7, 11) is 0. The minimum Gasteiger partial charge on any atom is -0.353 e. The number of nitrogens with zero attached hydrogens (tertiary/aromatic N) is 3. The van der Waals surface area contributed by atoms with Gasteiger partial charge in [-0.15, -0.1) is 0 Å². The van der Waals surface area contributed by atoms with Crippen LogP contribution in [0, 0.1) is 5.41 Å². The zero-order valence-electron chi connectivity index (χ0n) is 17.5. The van der Waals surface area contributed by atoms with E-state index in [2.05, 4.69) is 27.4 Å². The Morgan fingerprint density at radius 3 is 2.45 bits per heavy atom. The lowest BCUT2D eigenvalue weighted by Gasteiger charge is -2.41. The van der Waals surface area contributed by atoms with Crippen LogP contribution in [0.15, 0.2) is 43.0 Å². The summed E-state index contributed by atoms with van der Waals surface area (Å²) < 4.78 is 0. The molecule has 1 fully saturated rings. The molecule has 29 heavy (non-hydrogen) atoms. The van der Waals surface area contributed by atoms with Crippen LogP contribution >= 0.6 is 0 Å². The number of likely N-dealkylation sites (tertiary alicyclic amines) is 1. The highest BCUT2D eigenvalue weighted by Crippen LogP contribution is 2.36. The predicted molar refractivity (Wildman–Crippen MR) is 113 cm³/mol. The molecule has 0 radical (unpaired) electrons. The molecule has 2 aromatic rings. The molecule has 0 spiro atoms. The first-order valence-corrected chi connectivity index (χ1v) is 10.4. The number of piperidine rings is 1. The van der Waals surface area contributed by atoms with Crippen LogP contribution in [0.25, 0.3) is 11.1 Å². The molecule has 2 amide bonds. The molecule has 2 heterocycles. The van der Waals surface area contributed by atoms with Gasteiger partial charge in [-0.25, -0.2) is 9.97 Å². The highest BCUT2D eigenvalue weighted by atomic mass is 16.2. The normalized spacial score (nSPS) is 15.9. The van der Waals surface area contributed by atoms with Gasteiger partial charge in [0.1, 0.15) is 6.33 Å². The van der Waals surface area contributed by atoms with E-state index >= 15 is 0 Å². The van der Waals surface area contributed by atoms with Crippen LogP contribution in [-0.4, -0.2) is 45.8 Å². The van der Waals surface area contributed by atoms with E-state index in [0.717, 1.165) is 16.7 Å². The van der Waals surface area contributed by atoms with Crippen LogP contribution in [-0.2, 0) is 16.0 Å². The first-order chi connectivity index (χ1) is 13.9. The van der Waals surface area contributed by atoms with Crippen LogP contribution < -0.4 is 5.32 Å². The molecule has 6 nitrogen and oxygen atoms in total. The molecule has 3 rings (SSSR count). The molecule has 1 aromatic carbocycles. The summed E-state index contributed by atoms with van der Waals surface area (Å²) in [4.78, 5) is 35.4. The minimum absolute atomic E-state index is 0.0856. The smallest absolute Gasteiger partial charge is 0.226 e. The van der Waals surface area contributed by atoms with Gasteiger partial charge in [0.25, 0.3) is 0 Å². The van der Waals surface area contributed by atoms with Crippen LogP contribution in [0.2, 0.25) is 0 Å². The number of hydrogen-bond donors (Lipinski definition) is 1. The average Bonchev–Trinajstić information content (AvgIpc) is 2.74. The molecule has 1 aliphatic heterocycles. The molecule has 0 bridgehead atoms. The third kappa shape index (κ3) is 5.00. The van der Waals surface area contributed by atoms with Gasteiger partial charge in [0, 0.05) is 43.5 Å². The van der Waals surface area contributed by atoms with Gasteiger partial charge in [-0.2, -0.15) is 0 Å². The number of benzene rings is 1.